The fraction of sp³-hybridized carbons (Fsp3) is 0.417. The highest BCUT2D eigenvalue weighted by Crippen LogP contribution is 2.21. The van der Waals surface area contributed by atoms with E-state index in [1.165, 1.54) is 19.8 Å². The molecule has 1 N–H and O–H groups in total. The van der Waals surface area contributed by atoms with Gasteiger partial charge in [0.05, 0.1) is 27.4 Å². The van der Waals surface area contributed by atoms with E-state index in [9.17, 15) is 4.79 Å². The maximum Gasteiger partial charge on any atom is 0.341 e. The van der Waals surface area contributed by atoms with Crippen LogP contribution in [0.4, 0.5) is 0 Å². The molecule has 3 rings (SSSR count). The SMILES string of the molecule is CN=C(NCc1ccc(OC)c(C(=O)OC)c1)N1CCC(COCc2ccccc2)C1.I. The van der Waals surface area contributed by atoms with Crippen molar-refractivity contribution in [2.24, 2.45) is 10.9 Å². The number of rotatable bonds is 8. The number of hydrogen-bond acceptors (Lipinski definition) is 5. The van der Waals surface area contributed by atoms with Gasteiger partial charge in [0, 0.05) is 32.6 Å². The summed E-state index contributed by atoms with van der Waals surface area (Å²) in [5.74, 6) is 1.41. The van der Waals surface area contributed by atoms with Gasteiger partial charge in [-0.1, -0.05) is 36.4 Å². The Kier molecular flexibility index (Phi) is 10.8. The maximum absolute atomic E-state index is 12.0. The molecule has 0 spiro atoms. The van der Waals surface area contributed by atoms with E-state index in [1.54, 1.807) is 19.2 Å². The molecule has 0 saturated carbocycles. The maximum atomic E-state index is 12.0. The zero-order chi connectivity index (χ0) is 22.1. The van der Waals surface area contributed by atoms with Crippen LogP contribution in [0.1, 0.15) is 27.9 Å². The Balaban J connectivity index is 0.00000363. The largest absolute Gasteiger partial charge is 0.496 e. The number of hydrogen-bond donors (Lipinski definition) is 1. The summed E-state index contributed by atoms with van der Waals surface area (Å²) in [5, 5.41) is 3.39. The summed E-state index contributed by atoms with van der Waals surface area (Å²) in [6.07, 6.45) is 1.07. The average molecular weight is 553 g/mol. The molecule has 0 aromatic heterocycles. The van der Waals surface area contributed by atoms with Gasteiger partial charge in [0.2, 0.25) is 0 Å². The molecule has 1 aliphatic heterocycles. The second-order valence-electron chi connectivity index (χ2n) is 7.53. The van der Waals surface area contributed by atoms with E-state index in [0.29, 0.717) is 30.4 Å². The van der Waals surface area contributed by atoms with E-state index in [4.69, 9.17) is 14.2 Å². The Morgan fingerprint density at radius 2 is 1.94 bits per heavy atom. The van der Waals surface area contributed by atoms with Crippen molar-refractivity contribution in [3.8, 4) is 5.75 Å². The van der Waals surface area contributed by atoms with Gasteiger partial charge >= 0.3 is 5.97 Å². The van der Waals surface area contributed by atoms with Gasteiger partial charge in [-0.05, 0) is 29.7 Å². The molecule has 0 radical (unpaired) electrons. The topological polar surface area (TPSA) is 72.4 Å². The molecule has 8 heteroatoms. The van der Waals surface area contributed by atoms with Crippen LogP contribution in [0.15, 0.2) is 53.5 Å². The highest BCUT2D eigenvalue weighted by Gasteiger charge is 2.25. The Bertz CT molecular complexity index is 892. The number of nitrogens with zero attached hydrogens (tertiary/aromatic N) is 2. The molecule has 0 bridgehead atoms. The van der Waals surface area contributed by atoms with E-state index < -0.39 is 5.97 Å². The molecule has 2 aromatic rings. The summed E-state index contributed by atoms with van der Waals surface area (Å²) in [7, 11) is 4.69. The number of guanidine groups is 1. The molecule has 0 aliphatic carbocycles. The zero-order valence-corrected chi connectivity index (χ0v) is 21.2. The lowest BCUT2D eigenvalue weighted by molar-refractivity contribution is 0.0597. The van der Waals surface area contributed by atoms with Crippen molar-refractivity contribution in [2.75, 3.05) is 41.0 Å². The standard InChI is InChI=1S/C24H31N3O4.HI/c1-25-24(26-14-19-9-10-22(29-2)21(13-19)23(28)30-3)27-12-11-20(15-27)17-31-16-18-7-5-4-6-8-18;/h4-10,13,20H,11-12,14-17H2,1-3H3,(H,25,26);1H. The van der Waals surface area contributed by atoms with Gasteiger partial charge in [0.25, 0.3) is 0 Å². The number of esters is 1. The van der Waals surface area contributed by atoms with Crippen LogP contribution in [0.3, 0.4) is 0 Å². The van der Waals surface area contributed by atoms with Crippen molar-refractivity contribution in [3.05, 3.63) is 65.2 Å². The number of aliphatic imine (C=N–C) groups is 1. The van der Waals surface area contributed by atoms with Gasteiger partial charge in [0.15, 0.2) is 5.96 Å². The van der Waals surface area contributed by atoms with Gasteiger partial charge < -0.3 is 24.4 Å². The normalized spacial score (nSPS) is 15.8. The molecule has 1 fully saturated rings. The number of likely N-dealkylation sites (tertiary alicyclic amines) is 1. The number of benzene rings is 2. The first kappa shape index (κ1) is 25.9. The minimum atomic E-state index is -0.416. The average Bonchev–Trinajstić information content (AvgIpc) is 3.28. The first-order valence-electron chi connectivity index (χ1n) is 10.5. The number of carbonyl (C=O) groups excluding carboxylic acids is 1. The molecule has 0 amide bonds. The van der Waals surface area contributed by atoms with Crippen LogP contribution in [-0.4, -0.2) is 57.8 Å². The van der Waals surface area contributed by atoms with Crippen LogP contribution >= 0.6 is 24.0 Å². The first-order valence-corrected chi connectivity index (χ1v) is 10.5. The number of halogens is 1. The lowest BCUT2D eigenvalue weighted by atomic mass is 10.1. The first-order chi connectivity index (χ1) is 15.1. The Morgan fingerprint density at radius 3 is 2.62 bits per heavy atom. The summed E-state index contributed by atoms with van der Waals surface area (Å²) < 4.78 is 16.0. The Morgan fingerprint density at radius 1 is 1.16 bits per heavy atom. The minimum Gasteiger partial charge on any atom is -0.496 e. The molecule has 1 aliphatic rings. The highest BCUT2D eigenvalue weighted by atomic mass is 127. The molecular formula is C24H32IN3O4. The molecular weight excluding hydrogens is 521 g/mol. The Hall–Kier alpha value is -2.33. The third kappa shape index (κ3) is 7.09. The van der Waals surface area contributed by atoms with E-state index in [1.807, 2.05) is 24.3 Å². The highest BCUT2D eigenvalue weighted by molar-refractivity contribution is 14.0. The summed E-state index contributed by atoms with van der Waals surface area (Å²) >= 11 is 0. The minimum absolute atomic E-state index is 0. The molecule has 1 unspecified atom stereocenters. The van der Waals surface area contributed by atoms with Crippen LogP contribution in [0, 0.1) is 5.92 Å². The van der Waals surface area contributed by atoms with Gasteiger partial charge in [-0.2, -0.15) is 0 Å². The van der Waals surface area contributed by atoms with Crippen molar-refractivity contribution < 1.29 is 19.0 Å². The zero-order valence-electron chi connectivity index (χ0n) is 18.9. The van der Waals surface area contributed by atoms with Gasteiger partial charge in [0.1, 0.15) is 11.3 Å². The number of carbonyl (C=O) groups is 1. The van der Waals surface area contributed by atoms with Gasteiger partial charge in [-0.25, -0.2) is 4.79 Å². The van der Waals surface area contributed by atoms with Crippen LogP contribution in [0.5, 0.6) is 5.75 Å². The number of methoxy groups -OCH3 is 2. The fourth-order valence-electron chi connectivity index (χ4n) is 3.73. The van der Waals surface area contributed by atoms with Crippen LogP contribution in [0.25, 0.3) is 0 Å². The molecule has 1 saturated heterocycles. The van der Waals surface area contributed by atoms with Crippen molar-refractivity contribution in [1.82, 2.24) is 10.2 Å². The predicted octanol–water partition coefficient (Wildman–Crippen LogP) is 3.71. The predicted molar refractivity (Wildman–Crippen MR) is 136 cm³/mol. The third-order valence-electron chi connectivity index (χ3n) is 5.38. The van der Waals surface area contributed by atoms with Gasteiger partial charge in [-0.15, -0.1) is 24.0 Å². The summed E-state index contributed by atoms with van der Waals surface area (Å²) in [6, 6.07) is 15.7. The molecule has 2 aromatic carbocycles. The Labute approximate surface area is 207 Å². The van der Waals surface area contributed by atoms with Gasteiger partial charge in [-0.3, -0.25) is 4.99 Å². The van der Waals surface area contributed by atoms with Crippen molar-refractivity contribution in [1.29, 1.82) is 0 Å². The van der Waals surface area contributed by atoms with Crippen molar-refractivity contribution in [3.63, 3.8) is 0 Å². The smallest absolute Gasteiger partial charge is 0.341 e. The molecule has 1 atom stereocenters. The lowest BCUT2D eigenvalue weighted by Crippen LogP contribution is -2.39. The second kappa shape index (κ2) is 13.3. The second-order valence-corrected chi connectivity index (χ2v) is 7.53. The van der Waals surface area contributed by atoms with Crippen molar-refractivity contribution >= 4 is 35.9 Å². The van der Waals surface area contributed by atoms with Crippen LogP contribution in [-0.2, 0) is 22.6 Å². The summed E-state index contributed by atoms with van der Waals surface area (Å²) in [5.41, 5.74) is 2.56. The fourth-order valence-corrected chi connectivity index (χ4v) is 3.73. The lowest BCUT2D eigenvalue weighted by Gasteiger charge is -2.22. The molecule has 174 valence electrons. The third-order valence-corrected chi connectivity index (χ3v) is 5.38. The number of nitrogens with one attached hydrogen (secondary N) is 1. The van der Waals surface area contributed by atoms with E-state index in [2.05, 4.69) is 27.3 Å². The van der Waals surface area contributed by atoms with E-state index in [-0.39, 0.29) is 24.0 Å². The van der Waals surface area contributed by atoms with E-state index in [0.717, 1.165) is 37.6 Å². The summed E-state index contributed by atoms with van der Waals surface area (Å²) in [4.78, 5) is 18.7. The van der Waals surface area contributed by atoms with Crippen molar-refractivity contribution in [2.45, 2.75) is 19.6 Å². The monoisotopic (exact) mass is 553 g/mol. The quantitative estimate of drug-likeness (QED) is 0.233. The van der Waals surface area contributed by atoms with Crippen LogP contribution < -0.4 is 10.1 Å². The van der Waals surface area contributed by atoms with E-state index >= 15 is 0 Å². The van der Waals surface area contributed by atoms with Crippen LogP contribution in [0.2, 0.25) is 0 Å². The molecule has 7 nitrogen and oxygen atoms in total. The molecule has 32 heavy (non-hydrogen) atoms. The number of ether oxygens (including phenoxy) is 3. The molecule has 1 heterocycles. The summed E-state index contributed by atoms with van der Waals surface area (Å²) in [6.45, 7) is 3.78.